The summed E-state index contributed by atoms with van der Waals surface area (Å²) in [7, 11) is 0. The maximum Gasteiger partial charge on any atom is 0.142 e. The van der Waals surface area contributed by atoms with Gasteiger partial charge in [0.25, 0.3) is 0 Å². The van der Waals surface area contributed by atoms with Crippen molar-refractivity contribution in [3.05, 3.63) is 24.3 Å². The highest BCUT2D eigenvalue weighted by Gasteiger charge is 2.18. The highest BCUT2D eigenvalue weighted by Crippen LogP contribution is 2.31. The molecule has 0 aromatic heterocycles. The average Bonchev–Trinajstić information content (AvgIpc) is 2.61. The molecule has 1 heterocycles. The molecule has 18 heavy (non-hydrogen) atoms. The quantitative estimate of drug-likeness (QED) is 0.870. The molecule has 1 aromatic carbocycles. The first-order valence-electron chi connectivity index (χ1n) is 7.02. The van der Waals surface area contributed by atoms with Gasteiger partial charge < -0.3 is 15.4 Å². The predicted molar refractivity (Wildman–Crippen MR) is 76.2 cm³/mol. The molecule has 0 aliphatic carbocycles. The highest BCUT2D eigenvalue weighted by atomic mass is 16.5. The molecule has 0 fully saturated rings. The molecule has 0 saturated heterocycles. The van der Waals surface area contributed by atoms with E-state index in [1.165, 1.54) is 18.5 Å². The van der Waals surface area contributed by atoms with Crippen molar-refractivity contribution < 1.29 is 4.74 Å². The molecular formula is C15H24N2O. The first kappa shape index (κ1) is 13.2. The summed E-state index contributed by atoms with van der Waals surface area (Å²) in [6.07, 6.45) is 3.49. The van der Waals surface area contributed by atoms with Crippen LogP contribution in [0.25, 0.3) is 0 Å². The third-order valence-corrected chi connectivity index (χ3v) is 3.54. The van der Waals surface area contributed by atoms with E-state index in [1.807, 2.05) is 6.07 Å². The van der Waals surface area contributed by atoms with Crippen molar-refractivity contribution in [3.63, 3.8) is 0 Å². The molecule has 0 amide bonds. The molecule has 1 aliphatic heterocycles. The third-order valence-electron chi connectivity index (χ3n) is 3.54. The van der Waals surface area contributed by atoms with Gasteiger partial charge >= 0.3 is 0 Å². The van der Waals surface area contributed by atoms with Gasteiger partial charge in [0.05, 0.1) is 12.3 Å². The molecule has 0 spiro atoms. The second-order valence-electron chi connectivity index (χ2n) is 5.01. The fourth-order valence-electron chi connectivity index (χ4n) is 2.59. The fraction of sp³-hybridized carbons (Fsp3) is 0.600. The Labute approximate surface area is 110 Å². The lowest BCUT2D eigenvalue weighted by Gasteiger charge is -2.28. The van der Waals surface area contributed by atoms with Crippen molar-refractivity contribution in [1.82, 2.24) is 0 Å². The number of ether oxygens (including phenoxy) is 1. The summed E-state index contributed by atoms with van der Waals surface area (Å²) in [6.45, 7) is 5.92. The lowest BCUT2D eigenvalue weighted by atomic mass is 10.0. The molecule has 1 atom stereocenters. The van der Waals surface area contributed by atoms with Crippen molar-refractivity contribution in [3.8, 4) is 5.75 Å². The Kier molecular flexibility index (Phi) is 4.88. The zero-order valence-electron chi connectivity index (χ0n) is 11.3. The van der Waals surface area contributed by atoms with Crippen LogP contribution in [-0.2, 0) is 0 Å². The van der Waals surface area contributed by atoms with Crippen LogP contribution < -0.4 is 15.4 Å². The monoisotopic (exact) mass is 248 g/mol. The van der Waals surface area contributed by atoms with Crippen LogP contribution in [0.1, 0.15) is 26.2 Å². The van der Waals surface area contributed by atoms with Crippen LogP contribution in [0.15, 0.2) is 24.3 Å². The van der Waals surface area contributed by atoms with Gasteiger partial charge in [0, 0.05) is 13.1 Å². The summed E-state index contributed by atoms with van der Waals surface area (Å²) in [4.78, 5) is 2.44. The van der Waals surface area contributed by atoms with E-state index < -0.39 is 0 Å². The van der Waals surface area contributed by atoms with Gasteiger partial charge in [-0.05, 0) is 37.4 Å². The van der Waals surface area contributed by atoms with Crippen LogP contribution in [0.5, 0.6) is 5.75 Å². The minimum Gasteiger partial charge on any atom is -0.491 e. The average molecular weight is 248 g/mol. The number of hydrogen-bond acceptors (Lipinski definition) is 3. The number of fused-ring (bicyclic) bond motifs is 1. The molecule has 0 radical (unpaired) electrons. The minimum absolute atomic E-state index is 0.584. The van der Waals surface area contributed by atoms with Gasteiger partial charge in [-0.25, -0.2) is 0 Å². The lowest BCUT2D eigenvalue weighted by Crippen LogP contribution is -2.33. The number of nitrogens with zero attached hydrogens (tertiary/aromatic N) is 1. The van der Waals surface area contributed by atoms with Crippen LogP contribution in [0.2, 0.25) is 0 Å². The van der Waals surface area contributed by atoms with Gasteiger partial charge in [-0.1, -0.05) is 25.5 Å². The van der Waals surface area contributed by atoms with E-state index in [0.717, 1.165) is 38.4 Å². The normalized spacial score (nSPS) is 16.7. The van der Waals surface area contributed by atoms with Crippen molar-refractivity contribution in [2.45, 2.75) is 26.2 Å². The van der Waals surface area contributed by atoms with E-state index in [1.54, 1.807) is 0 Å². The van der Waals surface area contributed by atoms with E-state index in [2.05, 4.69) is 30.0 Å². The molecule has 1 unspecified atom stereocenters. The van der Waals surface area contributed by atoms with Crippen molar-refractivity contribution >= 4 is 5.69 Å². The Bertz CT molecular complexity index is 367. The van der Waals surface area contributed by atoms with Gasteiger partial charge in [0.1, 0.15) is 5.75 Å². The van der Waals surface area contributed by atoms with Crippen LogP contribution in [0, 0.1) is 5.92 Å². The lowest BCUT2D eigenvalue weighted by molar-refractivity contribution is 0.322. The topological polar surface area (TPSA) is 38.5 Å². The zero-order chi connectivity index (χ0) is 12.8. The summed E-state index contributed by atoms with van der Waals surface area (Å²) in [5.74, 6) is 1.60. The summed E-state index contributed by atoms with van der Waals surface area (Å²) < 4.78 is 5.78. The second kappa shape index (κ2) is 6.64. The summed E-state index contributed by atoms with van der Waals surface area (Å²) >= 11 is 0. The second-order valence-corrected chi connectivity index (χ2v) is 5.01. The molecular weight excluding hydrogens is 224 g/mol. The van der Waals surface area contributed by atoms with E-state index in [4.69, 9.17) is 10.5 Å². The number of para-hydroxylation sites is 2. The van der Waals surface area contributed by atoms with E-state index in [0.29, 0.717) is 5.92 Å². The molecule has 0 bridgehead atoms. The predicted octanol–water partition coefficient (Wildman–Crippen LogP) is 2.65. The largest absolute Gasteiger partial charge is 0.491 e. The molecule has 1 aliphatic rings. The minimum atomic E-state index is 0.584. The number of hydrogen-bond donors (Lipinski definition) is 1. The van der Waals surface area contributed by atoms with Crippen LogP contribution in [0.3, 0.4) is 0 Å². The number of benzene rings is 1. The summed E-state index contributed by atoms with van der Waals surface area (Å²) in [6, 6.07) is 8.33. The fourth-order valence-corrected chi connectivity index (χ4v) is 2.59. The Hall–Kier alpha value is -1.22. The molecule has 2 N–H and O–H groups in total. The Morgan fingerprint density at radius 1 is 1.39 bits per heavy atom. The maximum atomic E-state index is 5.88. The van der Waals surface area contributed by atoms with E-state index in [-0.39, 0.29) is 0 Å². The summed E-state index contributed by atoms with van der Waals surface area (Å²) in [5.41, 5.74) is 7.10. The first-order valence-corrected chi connectivity index (χ1v) is 7.02. The van der Waals surface area contributed by atoms with Gasteiger partial charge in [-0.3, -0.25) is 0 Å². The van der Waals surface area contributed by atoms with Crippen LogP contribution in [0.4, 0.5) is 5.69 Å². The van der Waals surface area contributed by atoms with Gasteiger partial charge in [-0.2, -0.15) is 0 Å². The summed E-state index contributed by atoms with van der Waals surface area (Å²) in [5, 5.41) is 0. The molecule has 1 aromatic rings. The molecule has 3 heteroatoms. The SMILES string of the molecule is CCCC(CN)CN1CCCOc2ccccc21. The van der Waals surface area contributed by atoms with Crippen LogP contribution in [-0.4, -0.2) is 26.2 Å². The Morgan fingerprint density at radius 3 is 3.00 bits per heavy atom. The Balaban J connectivity index is 2.12. The van der Waals surface area contributed by atoms with Crippen LogP contribution >= 0.6 is 0 Å². The smallest absolute Gasteiger partial charge is 0.142 e. The van der Waals surface area contributed by atoms with Crippen molar-refractivity contribution in [2.75, 3.05) is 31.1 Å². The first-order chi connectivity index (χ1) is 8.85. The molecule has 100 valence electrons. The standard InChI is InChI=1S/C15H24N2O/c1-2-6-13(11-16)12-17-9-5-10-18-15-8-4-3-7-14(15)17/h3-4,7-8,13H,2,5-6,9-12,16H2,1H3. The Morgan fingerprint density at radius 2 is 2.22 bits per heavy atom. The van der Waals surface area contributed by atoms with Gasteiger partial charge in [-0.15, -0.1) is 0 Å². The number of rotatable bonds is 5. The number of nitrogens with two attached hydrogens (primary N) is 1. The van der Waals surface area contributed by atoms with E-state index in [9.17, 15) is 0 Å². The highest BCUT2D eigenvalue weighted by molar-refractivity contribution is 5.58. The maximum absolute atomic E-state index is 5.88. The number of anilines is 1. The van der Waals surface area contributed by atoms with Gasteiger partial charge in [0.2, 0.25) is 0 Å². The van der Waals surface area contributed by atoms with Crippen molar-refractivity contribution in [1.29, 1.82) is 0 Å². The van der Waals surface area contributed by atoms with Gasteiger partial charge in [0.15, 0.2) is 0 Å². The zero-order valence-corrected chi connectivity index (χ0v) is 11.3. The molecule has 2 rings (SSSR count). The third kappa shape index (κ3) is 3.16. The molecule has 0 saturated carbocycles. The molecule has 3 nitrogen and oxygen atoms in total. The van der Waals surface area contributed by atoms with E-state index >= 15 is 0 Å². The van der Waals surface area contributed by atoms with Crippen molar-refractivity contribution in [2.24, 2.45) is 11.7 Å².